The molecule has 0 aromatic rings. The number of ether oxygens (including phenoxy) is 1. The molecule has 0 atom stereocenters. The number of hydrogen-bond donors (Lipinski definition) is 1. The molecule has 1 aliphatic carbocycles. The van der Waals surface area contributed by atoms with Gasteiger partial charge in [-0.15, -0.1) is 0 Å². The highest BCUT2D eigenvalue weighted by Crippen LogP contribution is 2.46. The normalized spacial score (nSPS) is 21.7. The van der Waals surface area contributed by atoms with Crippen molar-refractivity contribution >= 4 is 12.0 Å². The minimum absolute atomic E-state index is 0.0357. The van der Waals surface area contributed by atoms with Crippen molar-refractivity contribution < 1.29 is 19.4 Å². The average Bonchev–Trinajstić information content (AvgIpc) is 3.19. The van der Waals surface area contributed by atoms with E-state index in [9.17, 15) is 14.7 Å². The zero-order valence-electron chi connectivity index (χ0n) is 10.7. The Labute approximate surface area is 106 Å². The van der Waals surface area contributed by atoms with Crippen LogP contribution in [0.3, 0.4) is 0 Å². The molecule has 1 N–H and O–H groups in total. The van der Waals surface area contributed by atoms with Gasteiger partial charge in [0.05, 0.1) is 18.6 Å². The van der Waals surface area contributed by atoms with Crippen LogP contribution in [0.2, 0.25) is 0 Å². The van der Waals surface area contributed by atoms with Gasteiger partial charge in [0.25, 0.3) is 0 Å². The van der Waals surface area contributed by atoms with E-state index in [2.05, 4.69) is 0 Å². The molecule has 18 heavy (non-hydrogen) atoms. The highest BCUT2D eigenvalue weighted by molar-refractivity contribution is 5.85. The Morgan fingerprint density at radius 2 is 1.72 bits per heavy atom. The molecular weight excluding hydrogens is 236 g/mol. The van der Waals surface area contributed by atoms with Gasteiger partial charge in [0, 0.05) is 26.2 Å². The second-order valence-corrected chi connectivity index (χ2v) is 4.92. The van der Waals surface area contributed by atoms with Crippen LogP contribution in [0.15, 0.2) is 0 Å². The van der Waals surface area contributed by atoms with Crippen molar-refractivity contribution in [1.29, 1.82) is 0 Å². The minimum Gasteiger partial charge on any atom is -0.450 e. The van der Waals surface area contributed by atoms with E-state index in [0.29, 0.717) is 32.8 Å². The van der Waals surface area contributed by atoms with Gasteiger partial charge in [-0.1, -0.05) is 0 Å². The molecule has 2 amide bonds. The van der Waals surface area contributed by atoms with Crippen molar-refractivity contribution in [3.8, 4) is 0 Å². The predicted octanol–water partition coefficient (Wildman–Crippen LogP) is 0.0596. The van der Waals surface area contributed by atoms with Crippen LogP contribution >= 0.6 is 0 Å². The third kappa shape index (κ3) is 2.43. The van der Waals surface area contributed by atoms with Crippen molar-refractivity contribution in [3.63, 3.8) is 0 Å². The number of carbonyl (C=O) groups is 2. The van der Waals surface area contributed by atoms with E-state index in [1.54, 1.807) is 16.7 Å². The van der Waals surface area contributed by atoms with Crippen molar-refractivity contribution in [2.24, 2.45) is 5.41 Å². The lowest BCUT2D eigenvalue weighted by molar-refractivity contribution is -0.140. The van der Waals surface area contributed by atoms with Gasteiger partial charge < -0.3 is 19.6 Å². The average molecular weight is 256 g/mol. The number of rotatable bonds is 3. The smallest absolute Gasteiger partial charge is 0.409 e. The number of carbonyl (C=O) groups excluding carboxylic acids is 2. The highest BCUT2D eigenvalue weighted by atomic mass is 16.6. The Hall–Kier alpha value is -1.30. The standard InChI is InChI=1S/C12H20N2O4/c1-2-18-11(17)14-7-5-13(6-8-14)10(16)12(9-15)3-4-12/h15H,2-9H2,1H3. The van der Waals surface area contributed by atoms with Crippen LogP contribution in [0.1, 0.15) is 19.8 Å². The monoisotopic (exact) mass is 256 g/mol. The lowest BCUT2D eigenvalue weighted by Gasteiger charge is -2.35. The van der Waals surface area contributed by atoms with Gasteiger partial charge in [-0.05, 0) is 19.8 Å². The second-order valence-electron chi connectivity index (χ2n) is 4.92. The lowest BCUT2D eigenvalue weighted by atomic mass is 10.1. The third-order valence-electron chi connectivity index (χ3n) is 3.70. The van der Waals surface area contributed by atoms with Gasteiger partial charge in [-0.25, -0.2) is 4.79 Å². The highest BCUT2D eigenvalue weighted by Gasteiger charge is 2.51. The van der Waals surface area contributed by atoms with E-state index in [1.807, 2.05) is 0 Å². The fraction of sp³-hybridized carbons (Fsp3) is 0.833. The molecule has 1 saturated carbocycles. The van der Waals surface area contributed by atoms with Crippen LogP contribution < -0.4 is 0 Å². The topological polar surface area (TPSA) is 70.1 Å². The number of aliphatic hydroxyl groups excluding tert-OH is 1. The number of amides is 2. The van der Waals surface area contributed by atoms with Crippen LogP contribution in [0, 0.1) is 5.41 Å². The van der Waals surface area contributed by atoms with Crippen LogP contribution in [0.4, 0.5) is 4.79 Å². The minimum atomic E-state index is -0.508. The number of piperazine rings is 1. The molecule has 0 aromatic heterocycles. The summed E-state index contributed by atoms with van der Waals surface area (Å²) in [5.74, 6) is 0.0357. The molecule has 2 fully saturated rings. The first-order chi connectivity index (χ1) is 8.63. The molecule has 0 unspecified atom stereocenters. The molecule has 0 radical (unpaired) electrons. The van der Waals surface area contributed by atoms with Gasteiger partial charge in [0.15, 0.2) is 0 Å². The summed E-state index contributed by atoms with van der Waals surface area (Å²) in [7, 11) is 0. The Morgan fingerprint density at radius 1 is 1.17 bits per heavy atom. The lowest BCUT2D eigenvalue weighted by Crippen LogP contribution is -2.52. The van der Waals surface area contributed by atoms with E-state index in [4.69, 9.17) is 4.74 Å². The molecule has 102 valence electrons. The van der Waals surface area contributed by atoms with E-state index in [1.165, 1.54) is 0 Å². The van der Waals surface area contributed by atoms with E-state index >= 15 is 0 Å². The van der Waals surface area contributed by atoms with Gasteiger partial charge in [0.1, 0.15) is 0 Å². The molecule has 6 heteroatoms. The summed E-state index contributed by atoms with van der Waals surface area (Å²) in [5, 5.41) is 9.24. The van der Waals surface area contributed by atoms with Crippen LogP contribution in [-0.2, 0) is 9.53 Å². The quantitative estimate of drug-likeness (QED) is 0.775. The van der Waals surface area contributed by atoms with Gasteiger partial charge in [-0.3, -0.25) is 4.79 Å². The van der Waals surface area contributed by atoms with Crippen molar-refractivity contribution in [2.45, 2.75) is 19.8 Å². The Kier molecular flexibility index (Phi) is 3.75. The Morgan fingerprint density at radius 3 is 2.17 bits per heavy atom. The van der Waals surface area contributed by atoms with Crippen molar-refractivity contribution in [1.82, 2.24) is 9.80 Å². The first-order valence-corrected chi connectivity index (χ1v) is 6.45. The molecule has 6 nitrogen and oxygen atoms in total. The van der Waals surface area contributed by atoms with Gasteiger partial charge >= 0.3 is 6.09 Å². The van der Waals surface area contributed by atoms with E-state index < -0.39 is 5.41 Å². The summed E-state index contributed by atoms with van der Waals surface area (Å²) in [4.78, 5) is 27.0. The molecule has 0 aromatic carbocycles. The molecular formula is C12H20N2O4. The van der Waals surface area contributed by atoms with E-state index in [0.717, 1.165) is 12.8 Å². The maximum absolute atomic E-state index is 12.1. The fourth-order valence-corrected chi connectivity index (χ4v) is 2.23. The molecule has 0 bridgehead atoms. The maximum Gasteiger partial charge on any atom is 0.409 e. The number of aliphatic hydroxyl groups is 1. The van der Waals surface area contributed by atoms with Crippen molar-refractivity contribution in [2.75, 3.05) is 39.4 Å². The molecule has 2 aliphatic rings. The van der Waals surface area contributed by atoms with Crippen LogP contribution in [-0.4, -0.2) is 66.3 Å². The predicted molar refractivity (Wildman–Crippen MR) is 63.9 cm³/mol. The van der Waals surface area contributed by atoms with Crippen LogP contribution in [0.25, 0.3) is 0 Å². The molecule has 0 spiro atoms. The largest absolute Gasteiger partial charge is 0.450 e. The second kappa shape index (κ2) is 5.14. The van der Waals surface area contributed by atoms with E-state index in [-0.39, 0.29) is 18.6 Å². The Bertz CT molecular complexity index is 333. The van der Waals surface area contributed by atoms with Gasteiger partial charge in [-0.2, -0.15) is 0 Å². The molecule has 2 rings (SSSR count). The Balaban J connectivity index is 1.83. The first kappa shape index (κ1) is 13.1. The SMILES string of the molecule is CCOC(=O)N1CCN(C(=O)C2(CO)CC2)CC1. The van der Waals surface area contributed by atoms with Crippen LogP contribution in [0.5, 0.6) is 0 Å². The zero-order valence-corrected chi connectivity index (χ0v) is 10.7. The summed E-state index contributed by atoms with van der Waals surface area (Å²) in [6.45, 7) is 4.14. The fourth-order valence-electron chi connectivity index (χ4n) is 2.23. The maximum atomic E-state index is 12.1. The molecule has 1 aliphatic heterocycles. The summed E-state index contributed by atoms with van der Waals surface area (Å²) in [6, 6.07) is 0. The molecule has 1 saturated heterocycles. The summed E-state index contributed by atoms with van der Waals surface area (Å²) in [5.41, 5.74) is -0.508. The summed E-state index contributed by atoms with van der Waals surface area (Å²) < 4.78 is 4.92. The summed E-state index contributed by atoms with van der Waals surface area (Å²) in [6.07, 6.45) is 1.24. The summed E-state index contributed by atoms with van der Waals surface area (Å²) >= 11 is 0. The van der Waals surface area contributed by atoms with Gasteiger partial charge in [0.2, 0.25) is 5.91 Å². The molecule has 1 heterocycles. The van der Waals surface area contributed by atoms with Crippen molar-refractivity contribution in [3.05, 3.63) is 0 Å². The first-order valence-electron chi connectivity index (χ1n) is 6.45. The number of nitrogens with zero attached hydrogens (tertiary/aromatic N) is 2. The zero-order chi connectivity index (χ0) is 13.2. The third-order valence-corrected chi connectivity index (χ3v) is 3.70. The number of hydrogen-bond acceptors (Lipinski definition) is 4.